The van der Waals surface area contributed by atoms with E-state index in [9.17, 15) is 4.79 Å². The molecule has 1 aromatic carbocycles. The summed E-state index contributed by atoms with van der Waals surface area (Å²) < 4.78 is 5.32. The molecule has 1 aromatic heterocycles. The van der Waals surface area contributed by atoms with E-state index in [4.69, 9.17) is 4.74 Å². The Kier molecular flexibility index (Phi) is 5.74. The van der Waals surface area contributed by atoms with Crippen LogP contribution < -0.4 is 0 Å². The number of benzene rings is 1. The largest absolute Gasteiger partial charge is 0.383 e. The molecular formula is C23H29N3O2. The summed E-state index contributed by atoms with van der Waals surface area (Å²) in [5.74, 6) is 0.246. The van der Waals surface area contributed by atoms with Crippen molar-refractivity contribution in [1.29, 1.82) is 0 Å². The van der Waals surface area contributed by atoms with Gasteiger partial charge < -0.3 is 9.64 Å². The van der Waals surface area contributed by atoms with Crippen molar-refractivity contribution in [3.63, 3.8) is 0 Å². The van der Waals surface area contributed by atoms with Gasteiger partial charge in [0.1, 0.15) is 0 Å². The normalized spacial score (nSPS) is 22.1. The highest BCUT2D eigenvalue weighted by Gasteiger charge is 2.51. The summed E-state index contributed by atoms with van der Waals surface area (Å²) in [5.41, 5.74) is 2.41. The average molecular weight is 380 g/mol. The highest BCUT2D eigenvalue weighted by molar-refractivity contribution is 5.87. The molecule has 148 valence electrons. The highest BCUT2D eigenvalue weighted by atomic mass is 16.5. The Bertz CT molecular complexity index is 773. The minimum Gasteiger partial charge on any atom is -0.383 e. The Labute approximate surface area is 167 Å². The molecule has 5 heteroatoms. The van der Waals surface area contributed by atoms with Crippen molar-refractivity contribution in [3.05, 3.63) is 66.0 Å². The summed E-state index contributed by atoms with van der Waals surface area (Å²) in [4.78, 5) is 22.0. The molecule has 1 amide bonds. The monoisotopic (exact) mass is 379 g/mol. The van der Waals surface area contributed by atoms with E-state index in [1.807, 2.05) is 30.6 Å². The minimum absolute atomic E-state index is 0.0233. The number of carbonyl (C=O) groups is 1. The number of piperidine rings is 1. The van der Waals surface area contributed by atoms with Crippen molar-refractivity contribution in [1.82, 2.24) is 14.8 Å². The van der Waals surface area contributed by atoms with Crippen LogP contribution in [0, 0.1) is 0 Å². The maximum Gasteiger partial charge on any atom is 0.230 e. The molecule has 1 atom stereocenters. The van der Waals surface area contributed by atoms with Gasteiger partial charge in [-0.05, 0) is 42.5 Å². The van der Waals surface area contributed by atoms with Crippen molar-refractivity contribution in [3.8, 4) is 0 Å². The lowest BCUT2D eigenvalue weighted by Gasteiger charge is -2.45. The number of hydrogen-bond donors (Lipinski definition) is 0. The lowest BCUT2D eigenvalue weighted by molar-refractivity contribution is -0.134. The third-order valence-corrected chi connectivity index (χ3v) is 6.38. The molecule has 2 aromatic rings. The van der Waals surface area contributed by atoms with Gasteiger partial charge in [0.05, 0.1) is 12.5 Å². The maximum absolute atomic E-state index is 13.3. The summed E-state index contributed by atoms with van der Waals surface area (Å²) >= 11 is 0. The fourth-order valence-electron chi connectivity index (χ4n) is 4.82. The molecule has 0 radical (unpaired) electrons. The number of pyridine rings is 1. The van der Waals surface area contributed by atoms with Gasteiger partial charge in [-0.2, -0.15) is 0 Å². The van der Waals surface area contributed by atoms with Crippen LogP contribution in [0.4, 0.5) is 0 Å². The highest BCUT2D eigenvalue weighted by Crippen LogP contribution is 2.45. The number of amides is 1. The number of aromatic nitrogens is 1. The van der Waals surface area contributed by atoms with Gasteiger partial charge in [0.25, 0.3) is 0 Å². The first-order valence-electron chi connectivity index (χ1n) is 10.2. The molecule has 0 N–H and O–H groups in total. The van der Waals surface area contributed by atoms with E-state index in [0.717, 1.165) is 44.5 Å². The number of nitrogens with zero attached hydrogens (tertiary/aromatic N) is 3. The molecule has 28 heavy (non-hydrogen) atoms. The average Bonchev–Trinajstić information content (AvgIpc) is 3.01. The van der Waals surface area contributed by atoms with Gasteiger partial charge in [-0.3, -0.25) is 14.7 Å². The summed E-state index contributed by atoms with van der Waals surface area (Å²) in [6.07, 6.45) is 6.68. The van der Waals surface area contributed by atoms with E-state index >= 15 is 0 Å². The standard InChI is InChI=1S/C23H29N3O2/c1-28-16-15-26-22(27)21(20-5-3-2-4-6-20)17-23(26)9-13-25(14-10-23)18-19-7-11-24-12-8-19/h2-8,11-12,21H,9-10,13-18H2,1H3. The second-order valence-corrected chi connectivity index (χ2v) is 8.01. The molecular weight excluding hydrogens is 350 g/mol. The van der Waals surface area contributed by atoms with Crippen LogP contribution in [0.3, 0.4) is 0 Å². The molecule has 2 aliphatic heterocycles. The van der Waals surface area contributed by atoms with Crippen molar-refractivity contribution in [2.24, 2.45) is 0 Å². The third kappa shape index (κ3) is 3.82. The van der Waals surface area contributed by atoms with Crippen LogP contribution in [-0.2, 0) is 16.1 Å². The molecule has 2 fully saturated rings. The number of likely N-dealkylation sites (tertiary alicyclic amines) is 2. The van der Waals surface area contributed by atoms with Gasteiger partial charge in [0.15, 0.2) is 0 Å². The Morgan fingerprint density at radius 3 is 2.50 bits per heavy atom. The van der Waals surface area contributed by atoms with Gasteiger partial charge >= 0.3 is 0 Å². The number of methoxy groups -OCH3 is 1. The Hall–Kier alpha value is -2.24. The van der Waals surface area contributed by atoms with E-state index in [1.165, 1.54) is 5.56 Å². The van der Waals surface area contributed by atoms with Crippen LogP contribution >= 0.6 is 0 Å². The third-order valence-electron chi connectivity index (χ3n) is 6.38. The smallest absolute Gasteiger partial charge is 0.230 e. The predicted molar refractivity (Wildman–Crippen MR) is 109 cm³/mol. The lowest BCUT2D eigenvalue weighted by Crippen LogP contribution is -2.53. The molecule has 2 saturated heterocycles. The van der Waals surface area contributed by atoms with Gasteiger partial charge in [-0.1, -0.05) is 30.3 Å². The second-order valence-electron chi connectivity index (χ2n) is 8.01. The summed E-state index contributed by atoms with van der Waals surface area (Å²) in [5, 5.41) is 0. The molecule has 0 bridgehead atoms. The molecule has 1 unspecified atom stereocenters. The van der Waals surface area contributed by atoms with Gasteiger partial charge in [0, 0.05) is 51.2 Å². The summed E-state index contributed by atoms with van der Waals surface area (Å²) in [6, 6.07) is 14.4. The number of ether oxygens (including phenoxy) is 1. The first-order valence-corrected chi connectivity index (χ1v) is 10.2. The van der Waals surface area contributed by atoms with Crippen molar-refractivity contribution >= 4 is 5.91 Å². The van der Waals surface area contributed by atoms with Gasteiger partial charge in [-0.25, -0.2) is 0 Å². The summed E-state index contributed by atoms with van der Waals surface area (Å²) in [7, 11) is 1.71. The Morgan fingerprint density at radius 2 is 1.82 bits per heavy atom. The first kappa shape index (κ1) is 19.1. The molecule has 4 rings (SSSR count). The van der Waals surface area contributed by atoms with E-state index < -0.39 is 0 Å². The molecule has 3 heterocycles. The molecule has 0 aliphatic carbocycles. The van der Waals surface area contributed by atoms with Gasteiger partial charge in [0.2, 0.25) is 5.91 Å². The minimum atomic E-state index is -0.0368. The zero-order valence-electron chi connectivity index (χ0n) is 16.6. The van der Waals surface area contributed by atoms with Crippen molar-refractivity contribution in [2.45, 2.75) is 37.3 Å². The van der Waals surface area contributed by atoms with E-state index in [0.29, 0.717) is 13.2 Å². The zero-order chi connectivity index (χ0) is 19.4. The molecule has 0 saturated carbocycles. The van der Waals surface area contributed by atoms with E-state index in [1.54, 1.807) is 7.11 Å². The van der Waals surface area contributed by atoms with Crippen molar-refractivity contribution < 1.29 is 9.53 Å². The number of rotatable bonds is 6. The Balaban J connectivity index is 1.49. The van der Waals surface area contributed by atoms with Crippen LogP contribution in [0.25, 0.3) is 0 Å². The van der Waals surface area contributed by atoms with Gasteiger partial charge in [-0.15, -0.1) is 0 Å². The van der Waals surface area contributed by atoms with E-state index in [2.05, 4.69) is 39.0 Å². The van der Waals surface area contributed by atoms with Crippen LogP contribution in [0.5, 0.6) is 0 Å². The fourth-order valence-corrected chi connectivity index (χ4v) is 4.82. The zero-order valence-corrected chi connectivity index (χ0v) is 16.6. The second kappa shape index (κ2) is 8.41. The Morgan fingerprint density at radius 1 is 1.11 bits per heavy atom. The number of hydrogen-bond acceptors (Lipinski definition) is 4. The SMILES string of the molecule is COCCN1C(=O)C(c2ccccc2)CC12CCN(Cc1ccncc1)CC2. The van der Waals surface area contributed by atoms with Crippen LogP contribution in [0.15, 0.2) is 54.9 Å². The molecule has 2 aliphatic rings. The van der Waals surface area contributed by atoms with E-state index in [-0.39, 0.29) is 17.4 Å². The maximum atomic E-state index is 13.3. The summed E-state index contributed by atoms with van der Waals surface area (Å²) in [6.45, 7) is 4.26. The van der Waals surface area contributed by atoms with Crippen LogP contribution in [0.1, 0.15) is 36.3 Å². The van der Waals surface area contributed by atoms with Crippen molar-refractivity contribution in [2.75, 3.05) is 33.4 Å². The first-order chi connectivity index (χ1) is 13.7. The fraction of sp³-hybridized carbons (Fsp3) is 0.478. The predicted octanol–water partition coefficient (Wildman–Crippen LogP) is 3.08. The molecule has 5 nitrogen and oxygen atoms in total. The topological polar surface area (TPSA) is 45.7 Å². The molecule has 1 spiro atoms. The quantitative estimate of drug-likeness (QED) is 0.774. The van der Waals surface area contributed by atoms with Crippen LogP contribution in [0.2, 0.25) is 0 Å². The van der Waals surface area contributed by atoms with Crippen LogP contribution in [-0.4, -0.2) is 59.6 Å². The number of carbonyl (C=O) groups excluding carboxylic acids is 1. The lowest BCUT2D eigenvalue weighted by atomic mass is 9.81.